The third-order valence-corrected chi connectivity index (χ3v) is 4.94. The topological polar surface area (TPSA) is 59.8 Å². The lowest BCUT2D eigenvalue weighted by Gasteiger charge is -2.15. The molecule has 0 fully saturated rings. The SMILES string of the molecule is C[C@H](Nc1ncc2ccc(=O)n(Cc3ccc(F)cc3)c2n1)c1ccc(Cl)cc1. The van der Waals surface area contributed by atoms with Gasteiger partial charge in [-0.05, 0) is 48.4 Å². The van der Waals surface area contributed by atoms with Gasteiger partial charge in [0.05, 0.1) is 12.6 Å². The summed E-state index contributed by atoms with van der Waals surface area (Å²) in [5.41, 5.74) is 2.18. The molecule has 5 nitrogen and oxygen atoms in total. The molecule has 0 saturated heterocycles. The summed E-state index contributed by atoms with van der Waals surface area (Å²) < 4.78 is 14.7. The number of pyridine rings is 1. The summed E-state index contributed by atoms with van der Waals surface area (Å²) >= 11 is 5.95. The van der Waals surface area contributed by atoms with Gasteiger partial charge in [-0.15, -0.1) is 0 Å². The average Bonchev–Trinajstić information content (AvgIpc) is 2.72. The zero-order chi connectivity index (χ0) is 20.4. The van der Waals surface area contributed by atoms with Crippen molar-refractivity contribution >= 4 is 28.6 Å². The second kappa shape index (κ2) is 8.01. The molecule has 0 spiro atoms. The molecule has 29 heavy (non-hydrogen) atoms. The maximum Gasteiger partial charge on any atom is 0.252 e. The molecule has 2 heterocycles. The molecule has 4 aromatic rings. The molecule has 7 heteroatoms. The Bertz CT molecular complexity index is 1210. The summed E-state index contributed by atoms with van der Waals surface area (Å²) in [4.78, 5) is 21.4. The van der Waals surface area contributed by atoms with Crippen molar-refractivity contribution in [3.63, 3.8) is 0 Å². The van der Waals surface area contributed by atoms with Crippen LogP contribution in [0, 0.1) is 5.82 Å². The van der Waals surface area contributed by atoms with Crippen LogP contribution in [0.1, 0.15) is 24.1 Å². The second-order valence-corrected chi connectivity index (χ2v) is 7.21. The summed E-state index contributed by atoms with van der Waals surface area (Å²) in [7, 11) is 0. The smallest absolute Gasteiger partial charge is 0.252 e. The number of aromatic nitrogens is 3. The van der Waals surface area contributed by atoms with E-state index in [-0.39, 0.29) is 17.4 Å². The van der Waals surface area contributed by atoms with Crippen molar-refractivity contribution in [1.82, 2.24) is 14.5 Å². The minimum Gasteiger partial charge on any atom is -0.348 e. The van der Waals surface area contributed by atoms with Crippen LogP contribution in [0.15, 0.2) is 71.7 Å². The minimum absolute atomic E-state index is 0.0503. The van der Waals surface area contributed by atoms with Crippen LogP contribution in [0.3, 0.4) is 0 Å². The summed E-state index contributed by atoms with van der Waals surface area (Å²) in [5, 5.41) is 4.68. The number of hydrogen-bond donors (Lipinski definition) is 1. The van der Waals surface area contributed by atoms with Crippen LogP contribution in [0.4, 0.5) is 10.3 Å². The van der Waals surface area contributed by atoms with Crippen molar-refractivity contribution in [3.05, 3.63) is 99.2 Å². The van der Waals surface area contributed by atoms with Crippen LogP contribution in [-0.2, 0) is 6.54 Å². The Morgan fingerprint density at radius 1 is 1.07 bits per heavy atom. The fraction of sp³-hybridized carbons (Fsp3) is 0.136. The van der Waals surface area contributed by atoms with Gasteiger partial charge in [-0.3, -0.25) is 9.36 Å². The van der Waals surface area contributed by atoms with Crippen LogP contribution in [0.2, 0.25) is 5.02 Å². The molecule has 0 aliphatic rings. The molecule has 2 aromatic heterocycles. The van der Waals surface area contributed by atoms with E-state index in [9.17, 15) is 9.18 Å². The van der Waals surface area contributed by atoms with Crippen LogP contribution in [0.25, 0.3) is 11.0 Å². The van der Waals surface area contributed by atoms with E-state index in [0.29, 0.717) is 23.2 Å². The Kier molecular flexibility index (Phi) is 5.27. The number of benzene rings is 2. The van der Waals surface area contributed by atoms with Gasteiger partial charge >= 0.3 is 0 Å². The molecule has 0 radical (unpaired) electrons. The van der Waals surface area contributed by atoms with E-state index >= 15 is 0 Å². The molecule has 1 N–H and O–H groups in total. The summed E-state index contributed by atoms with van der Waals surface area (Å²) in [6.45, 7) is 2.28. The van der Waals surface area contributed by atoms with E-state index in [1.54, 1.807) is 29.0 Å². The quantitative estimate of drug-likeness (QED) is 0.515. The number of anilines is 1. The average molecular weight is 409 g/mol. The molecule has 146 valence electrons. The fourth-order valence-electron chi connectivity index (χ4n) is 3.09. The first-order valence-corrected chi connectivity index (χ1v) is 9.50. The highest BCUT2D eigenvalue weighted by Gasteiger charge is 2.11. The van der Waals surface area contributed by atoms with Crippen LogP contribution < -0.4 is 10.9 Å². The monoisotopic (exact) mass is 408 g/mol. The molecule has 0 amide bonds. The predicted octanol–water partition coefficient (Wildman–Crippen LogP) is 4.81. The lowest BCUT2D eigenvalue weighted by molar-refractivity contribution is 0.626. The van der Waals surface area contributed by atoms with Gasteiger partial charge in [-0.25, -0.2) is 9.37 Å². The number of nitrogens with one attached hydrogen (secondary N) is 1. The van der Waals surface area contributed by atoms with Crippen molar-refractivity contribution in [3.8, 4) is 0 Å². The number of halogens is 2. The second-order valence-electron chi connectivity index (χ2n) is 6.77. The molecule has 0 aliphatic heterocycles. The molecular formula is C22H18ClFN4O. The largest absolute Gasteiger partial charge is 0.348 e. The number of fused-ring (bicyclic) bond motifs is 1. The molecule has 2 aromatic carbocycles. The van der Waals surface area contributed by atoms with Gasteiger partial charge in [0.15, 0.2) is 0 Å². The summed E-state index contributed by atoms with van der Waals surface area (Å²) in [6, 6.07) is 16.7. The standard InChI is InChI=1S/C22H18ClFN4O/c1-14(16-4-7-18(23)8-5-16)26-22-25-12-17-6-11-20(29)28(21(17)27-22)13-15-2-9-19(24)10-3-15/h2-12,14H,13H2,1H3,(H,25,26,27)/t14-/m0/s1. The Morgan fingerprint density at radius 2 is 1.79 bits per heavy atom. The molecule has 0 aliphatic carbocycles. The van der Waals surface area contributed by atoms with Crippen LogP contribution in [-0.4, -0.2) is 14.5 Å². The van der Waals surface area contributed by atoms with Crippen molar-refractivity contribution < 1.29 is 4.39 Å². The maximum atomic E-state index is 13.2. The highest BCUT2D eigenvalue weighted by Crippen LogP contribution is 2.20. The van der Waals surface area contributed by atoms with Crippen LogP contribution in [0.5, 0.6) is 0 Å². The van der Waals surface area contributed by atoms with Crippen LogP contribution >= 0.6 is 11.6 Å². The van der Waals surface area contributed by atoms with E-state index in [2.05, 4.69) is 15.3 Å². The number of nitrogens with zero attached hydrogens (tertiary/aromatic N) is 3. The number of hydrogen-bond acceptors (Lipinski definition) is 4. The zero-order valence-electron chi connectivity index (χ0n) is 15.6. The molecular weight excluding hydrogens is 391 g/mol. The Morgan fingerprint density at radius 3 is 2.52 bits per heavy atom. The lowest BCUT2D eigenvalue weighted by Crippen LogP contribution is -2.21. The van der Waals surface area contributed by atoms with Gasteiger partial charge in [0.25, 0.3) is 5.56 Å². The zero-order valence-corrected chi connectivity index (χ0v) is 16.4. The summed E-state index contributed by atoms with van der Waals surface area (Å²) in [5.74, 6) is 0.0995. The Hall–Kier alpha value is -3.25. The highest BCUT2D eigenvalue weighted by molar-refractivity contribution is 6.30. The minimum atomic E-state index is -0.316. The maximum absolute atomic E-state index is 13.2. The van der Waals surface area contributed by atoms with Gasteiger partial charge in [0.1, 0.15) is 11.5 Å². The molecule has 4 rings (SSSR count). The number of rotatable bonds is 5. The van der Waals surface area contributed by atoms with Gasteiger partial charge < -0.3 is 5.32 Å². The van der Waals surface area contributed by atoms with E-state index in [1.807, 2.05) is 31.2 Å². The third kappa shape index (κ3) is 4.27. The summed E-state index contributed by atoms with van der Waals surface area (Å²) in [6.07, 6.45) is 1.68. The predicted molar refractivity (Wildman–Crippen MR) is 113 cm³/mol. The van der Waals surface area contributed by atoms with Gasteiger partial charge in [-0.2, -0.15) is 4.98 Å². The van der Waals surface area contributed by atoms with E-state index in [1.165, 1.54) is 18.2 Å². The van der Waals surface area contributed by atoms with E-state index in [4.69, 9.17) is 11.6 Å². The lowest BCUT2D eigenvalue weighted by atomic mass is 10.1. The molecule has 0 unspecified atom stereocenters. The van der Waals surface area contributed by atoms with Gasteiger partial charge in [0, 0.05) is 22.7 Å². The van der Waals surface area contributed by atoms with Crippen molar-refractivity contribution in [2.75, 3.05) is 5.32 Å². The fourth-order valence-corrected chi connectivity index (χ4v) is 3.22. The van der Waals surface area contributed by atoms with Crippen molar-refractivity contribution in [2.45, 2.75) is 19.5 Å². The van der Waals surface area contributed by atoms with Crippen molar-refractivity contribution in [2.24, 2.45) is 0 Å². The normalized spacial score (nSPS) is 12.1. The first kappa shape index (κ1) is 19.1. The highest BCUT2D eigenvalue weighted by atomic mass is 35.5. The molecule has 0 bridgehead atoms. The Balaban J connectivity index is 1.67. The van der Waals surface area contributed by atoms with E-state index in [0.717, 1.165) is 16.5 Å². The first-order chi connectivity index (χ1) is 14.0. The molecule has 0 saturated carbocycles. The van der Waals surface area contributed by atoms with Gasteiger partial charge in [-0.1, -0.05) is 35.9 Å². The Labute approximate surface area is 171 Å². The third-order valence-electron chi connectivity index (χ3n) is 4.69. The first-order valence-electron chi connectivity index (χ1n) is 9.12. The van der Waals surface area contributed by atoms with E-state index < -0.39 is 0 Å². The van der Waals surface area contributed by atoms with Gasteiger partial charge in [0.2, 0.25) is 5.95 Å². The molecule has 1 atom stereocenters. The van der Waals surface area contributed by atoms with Crippen molar-refractivity contribution in [1.29, 1.82) is 0 Å².